The molecule has 1 aromatic carbocycles. The second-order valence-electron chi connectivity index (χ2n) is 5.46. The zero-order chi connectivity index (χ0) is 17.0. The average molecular weight is 353 g/mol. The summed E-state index contributed by atoms with van der Waals surface area (Å²) >= 11 is 11.7. The fourth-order valence-electron chi connectivity index (χ4n) is 2.22. The minimum atomic E-state index is -0.245. The van der Waals surface area contributed by atoms with Crippen molar-refractivity contribution < 1.29 is 9.53 Å². The van der Waals surface area contributed by atoms with E-state index in [2.05, 4.69) is 10.3 Å². The fourth-order valence-corrected chi connectivity index (χ4v) is 2.49. The zero-order valence-corrected chi connectivity index (χ0v) is 14.7. The molecular weight excluding hydrogens is 335 g/mol. The number of halogens is 2. The van der Waals surface area contributed by atoms with E-state index in [1.54, 1.807) is 7.11 Å². The Morgan fingerprint density at radius 1 is 1.22 bits per heavy atom. The SMILES string of the molecule is COc1ccc([C@H](NC(=O)c2cnc(Cl)c(Cl)c2)C(C)C)cc1. The molecule has 6 heteroatoms. The highest BCUT2D eigenvalue weighted by Crippen LogP contribution is 2.25. The van der Waals surface area contributed by atoms with E-state index in [0.717, 1.165) is 11.3 Å². The molecule has 0 aliphatic rings. The lowest BCUT2D eigenvalue weighted by Crippen LogP contribution is -2.31. The molecule has 2 aromatic rings. The van der Waals surface area contributed by atoms with Crippen LogP contribution >= 0.6 is 23.2 Å². The van der Waals surface area contributed by atoms with Gasteiger partial charge in [0.2, 0.25) is 0 Å². The maximum absolute atomic E-state index is 12.4. The molecule has 1 heterocycles. The van der Waals surface area contributed by atoms with Gasteiger partial charge in [0, 0.05) is 6.20 Å². The summed E-state index contributed by atoms with van der Waals surface area (Å²) in [5, 5.41) is 3.45. The van der Waals surface area contributed by atoms with E-state index >= 15 is 0 Å². The van der Waals surface area contributed by atoms with Gasteiger partial charge in [0.25, 0.3) is 5.91 Å². The summed E-state index contributed by atoms with van der Waals surface area (Å²) < 4.78 is 5.16. The van der Waals surface area contributed by atoms with Crippen LogP contribution in [0.3, 0.4) is 0 Å². The number of carbonyl (C=O) groups excluding carboxylic acids is 1. The molecule has 0 saturated heterocycles. The Morgan fingerprint density at radius 2 is 1.87 bits per heavy atom. The first-order valence-corrected chi connectivity index (χ1v) is 7.93. The van der Waals surface area contributed by atoms with Crippen LogP contribution in [0, 0.1) is 5.92 Å². The van der Waals surface area contributed by atoms with Crippen molar-refractivity contribution in [1.29, 1.82) is 0 Å². The van der Waals surface area contributed by atoms with Gasteiger partial charge in [0.1, 0.15) is 10.9 Å². The first-order valence-electron chi connectivity index (χ1n) is 7.18. The lowest BCUT2D eigenvalue weighted by atomic mass is 9.95. The molecule has 1 amide bonds. The van der Waals surface area contributed by atoms with E-state index in [9.17, 15) is 4.79 Å². The topological polar surface area (TPSA) is 51.2 Å². The molecule has 2 rings (SSSR count). The molecule has 0 spiro atoms. The molecule has 0 radical (unpaired) electrons. The normalized spacial score (nSPS) is 12.1. The summed E-state index contributed by atoms with van der Waals surface area (Å²) in [6.45, 7) is 4.09. The number of pyridine rings is 1. The number of benzene rings is 1. The highest BCUT2D eigenvalue weighted by molar-refractivity contribution is 6.41. The maximum atomic E-state index is 12.4. The van der Waals surface area contributed by atoms with Gasteiger partial charge in [0.05, 0.1) is 23.7 Å². The average Bonchev–Trinajstić information content (AvgIpc) is 2.54. The predicted octanol–water partition coefficient (Wildman–Crippen LogP) is 4.52. The Hall–Kier alpha value is -1.78. The molecule has 4 nitrogen and oxygen atoms in total. The Labute approximate surface area is 145 Å². The Morgan fingerprint density at radius 3 is 2.39 bits per heavy atom. The highest BCUT2D eigenvalue weighted by Gasteiger charge is 2.20. The molecule has 0 fully saturated rings. The van der Waals surface area contributed by atoms with Crippen LogP contribution in [0.25, 0.3) is 0 Å². The highest BCUT2D eigenvalue weighted by atomic mass is 35.5. The lowest BCUT2D eigenvalue weighted by Gasteiger charge is -2.23. The molecule has 1 N–H and O–H groups in total. The van der Waals surface area contributed by atoms with Crippen molar-refractivity contribution in [3.8, 4) is 5.75 Å². The lowest BCUT2D eigenvalue weighted by molar-refractivity contribution is 0.0925. The van der Waals surface area contributed by atoms with Crippen LogP contribution in [0.15, 0.2) is 36.5 Å². The third-order valence-electron chi connectivity index (χ3n) is 3.49. The van der Waals surface area contributed by atoms with E-state index in [4.69, 9.17) is 27.9 Å². The maximum Gasteiger partial charge on any atom is 0.253 e. The van der Waals surface area contributed by atoms with Crippen molar-refractivity contribution in [3.63, 3.8) is 0 Å². The molecular formula is C17H18Cl2N2O2. The Balaban J connectivity index is 2.21. The van der Waals surface area contributed by atoms with Gasteiger partial charge in [-0.3, -0.25) is 4.79 Å². The molecule has 122 valence electrons. The van der Waals surface area contributed by atoms with Crippen molar-refractivity contribution in [1.82, 2.24) is 10.3 Å². The smallest absolute Gasteiger partial charge is 0.253 e. The van der Waals surface area contributed by atoms with E-state index in [0.29, 0.717) is 5.56 Å². The number of rotatable bonds is 5. The number of hydrogen-bond donors (Lipinski definition) is 1. The molecule has 0 saturated carbocycles. The van der Waals surface area contributed by atoms with Crippen molar-refractivity contribution in [2.24, 2.45) is 5.92 Å². The van der Waals surface area contributed by atoms with Crippen LogP contribution in [0.1, 0.15) is 35.8 Å². The van der Waals surface area contributed by atoms with Crippen LogP contribution < -0.4 is 10.1 Å². The quantitative estimate of drug-likeness (QED) is 0.804. The van der Waals surface area contributed by atoms with E-state index in [1.807, 2.05) is 38.1 Å². The van der Waals surface area contributed by atoms with E-state index < -0.39 is 0 Å². The largest absolute Gasteiger partial charge is 0.497 e. The summed E-state index contributed by atoms with van der Waals surface area (Å²) in [5.41, 5.74) is 1.38. The van der Waals surface area contributed by atoms with Gasteiger partial charge in [-0.1, -0.05) is 49.2 Å². The number of carbonyl (C=O) groups is 1. The van der Waals surface area contributed by atoms with E-state index in [-0.39, 0.29) is 28.0 Å². The van der Waals surface area contributed by atoms with Gasteiger partial charge in [-0.15, -0.1) is 0 Å². The summed E-state index contributed by atoms with van der Waals surface area (Å²) in [7, 11) is 1.62. The fraction of sp³-hybridized carbons (Fsp3) is 0.294. The molecule has 23 heavy (non-hydrogen) atoms. The summed E-state index contributed by atoms with van der Waals surface area (Å²) in [6.07, 6.45) is 1.41. The Bertz CT molecular complexity index is 687. The van der Waals surface area contributed by atoms with Crippen molar-refractivity contribution in [3.05, 3.63) is 57.8 Å². The van der Waals surface area contributed by atoms with Gasteiger partial charge < -0.3 is 10.1 Å². The monoisotopic (exact) mass is 352 g/mol. The number of ether oxygens (including phenoxy) is 1. The minimum absolute atomic E-state index is 0.136. The molecule has 0 aliphatic carbocycles. The number of amides is 1. The number of nitrogens with zero attached hydrogens (tertiary/aromatic N) is 1. The van der Waals surface area contributed by atoms with Gasteiger partial charge in [-0.25, -0.2) is 4.98 Å². The standard InChI is InChI=1S/C17H18Cl2N2O2/c1-10(2)15(11-4-6-13(23-3)7-5-11)21-17(22)12-8-14(18)16(19)20-9-12/h4-10,15H,1-3H3,(H,21,22)/t15-/m1/s1. The van der Waals surface area contributed by atoms with Crippen LogP contribution in [-0.4, -0.2) is 18.0 Å². The third-order valence-corrected chi connectivity index (χ3v) is 4.17. The number of nitrogens with one attached hydrogen (secondary N) is 1. The van der Waals surface area contributed by atoms with Crippen molar-refractivity contribution in [2.75, 3.05) is 7.11 Å². The van der Waals surface area contributed by atoms with E-state index in [1.165, 1.54) is 12.3 Å². The minimum Gasteiger partial charge on any atom is -0.497 e. The summed E-state index contributed by atoms with van der Waals surface area (Å²) in [5.74, 6) is 0.741. The second-order valence-corrected chi connectivity index (χ2v) is 6.23. The molecule has 0 bridgehead atoms. The van der Waals surface area contributed by atoms with Crippen molar-refractivity contribution in [2.45, 2.75) is 19.9 Å². The molecule has 0 unspecified atom stereocenters. The third kappa shape index (κ3) is 4.36. The van der Waals surface area contributed by atoms with Gasteiger partial charge in [-0.05, 0) is 29.7 Å². The molecule has 1 aromatic heterocycles. The molecule has 1 atom stereocenters. The van der Waals surface area contributed by atoms with Crippen LogP contribution in [-0.2, 0) is 0 Å². The van der Waals surface area contributed by atoms with Crippen molar-refractivity contribution >= 4 is 29.1 Å². The zero-order valence-electron chi connectivity index (χ0n) is 13.1. The second kappa shape index (κ2) is 7.66. The van der Waals surface area contributed by atoms with Crippen LogP contribution in [0.2, 0.25) is 10.2 Å². The van der Waals surface area contributed by atoms with Gasteiger partial charge >= 0.3 is 0 Å². The number of hydrogen-bond acceptors (Lipinski definition) is 3. The number of methoxy groups -OCH3 is 1. The van der Waals surface area contributed by atoms with Gasteiger partial charge in [0.15, 0.2) is 0 Å². The Kier molecular flexibility index (Phi) is 5.85. The first kappa shape index (κ1) is 17.6. The summed E-state index contributed by atoms with van der Waals surface area (Å²) in [4.78, 5) is 16.3. The van der Waals surface area contributed by atoms with Gasteiger partial charge in [-0.2, -0.15) is 0 Å². The van der Waals surface area contributed by atoms with Crippen LogP contribution in [0.5, 0.6) is 5.75 Å². The molecule has 0 aliphatic heterocycles. The first-order chi connectivity index (χ1) is 10.9. The summed E-state index contributed by atoms with van der Waals surface area (Å²) in [6, 6.07) is 9.00. The van der Waals surface area contributed by atoms with Crippen LogP contribution in [0.4, 0.5) is 0 Å². The number of aromatic nitrogens is 1. The predicted molar refractivity (Wildman–Crippen MR) is 92.3 cm³/mol.